The molecule has 0 aliphatic heterocycles. The van der Waals surface area contributed by atoms with Crippen molar-refractivity contribution in [3.63, 3.8) is 0 Å². The number of rotatable bonds is 5. The minimum Gasteiger partial charge on any atom is -0.393 e. The van der Waals surface area contributed by atoms with Crippen LogP contribution in [-0.4, -0.2) is 28.6 Å². The van der Waals surface area contributed by atoms with Crippen molar-refractivity contribution >= 4 is 17.2 Å². The maximum atomic E-state index is 13.2. The lowest BCUT2D eigenvalue weighted by atomic mass is 10.1. The number of amides is 1. The van der Waals surface area contributed by atoms with Crippen LogP contribution in [0.1, 0.15) is 25.0 Å². The summed E-state index contributed by atoms with van der Waals surface area (Å²) in [5.41, 5.74) is 1.40. The summed E-state index contributed by atoms with van der Waals surface area (Å²) in [7, 11) is 0. The van der Waals surface area contributed by atoms with Gasteiger partial charge in [-0.05, 0) is 25.0 Å². The molecular formula is C17H19FN2O2S. The van der Waals surface area contributed by atoms with E-state index < -0.39 is 0 Å². The smallest absolute Gasteiger partial charge is 0.226 e. The summed E-state index contributed by atoms with van der Waals surface area (Å²) < 4.78 is 13.2. The number of aliphatic hydroxyl groups is 1. The number of hydrogen-bond donors (Lipinski definition) is 2. The van der Waals surface area contributed by atoms with Crippen molar-refractivity contribution in [3.05, 3.63) is 41.2 Å². The van der Waals surface area contributed by atoms with Crippen molar-refractivity contribution in [2.75, 3.05) is 6.54 Å². The predicted molar refractivity (Wildman–Crippen MR) is 87.6 cm³/mol. The van der Waals surface area contributed by atoms with Crippen LogP contribution in [0.15, 0.2) is 29.6 Å². The highest BCUT2D eigenvalue weighted by molar-refractivity contribution is 7.13. The van der Waals surface area contributed by atoms with Gasteiger partial charge in [-0.2, -0.15) is 0 Å². The van der Waals surface area contributed by atoms with E-state index in [9.17, 15) is 14.3 Å². The second-order valence-electron chi connectivity index (χ2n) is 5.89. The van der Waals surface area contributed by atoms with E-state index in [2.05, 4.69) is 10.3 Å². The molecule has 2 N–H and O–H groups in total. The van der Waals surface area contributed by atoms with Crippen molar-refractivity contribution in [2.24, 2.45) is 5.92 Å². The van der Waals surface area contributed by atoms with E-state index >= 15 is 0 Å². The number of thiazole rings is 1. The first kappa shape index (κ1) is 16.1. The van der Waals surface area contributed by atoms with Crippen LogP contribution in [0.4, 0.5) is 4.39 Å². The number of carbonyl (C=O) groups excluding carboxylic acids is 1. The molecule has 6 heteroatoms. The number of nitrogens with one attached hydrogen (secondary N) is 1. The molecule has 2 unspecified atom stereocenters. The van der Waals surface area contributed by atoms with Crippen molar-refractivity contribution in [3.8, 4) is 10.6 Å². The molecule has 1 saturated carbocycles. The van der Waals surface area contributed by atoms with E-state index in [0.29, 0.717) is 17.2 Å². The van der Waals surface area contributed by atoms with Gasteiger partial charge in [-0.15, -0.1) is 11.3 Å². The zero-order chi connectivity index (χ0) is 16.2. The van der Waals surface area contributed by atoms with E-state index in [1.165, 1.54) is 23.5 Å². The topological polar surface area (TPSA) is 62.2 Å². The molecule has 1 aromatic heterocycles. The van der Waals surface area contributed by atoms with Crippen molar-refractivity contribution in [1.29, 1.82) is 0 Å². The summed E-state index contributed by atoms with van der Waals surface area (Å²) in [5.74, 6) is -0.232. The van der Waals surface area contributed by atoms with Crippen LogP contribution < -0.4 is 5.32 Å². The monoisotopic (exact) mass is 334 g/mol. The largest absolute Gasteiger partial charge is 0.393 e. The molecule has 0 bridgehead atoms. The normalized spacial score (nSPS) is 20.6. The minimum absolute atomic E-state index is 0.0970. The number of carbonyl (C=O) groups is 1. The lowest BCUT2D eigenvalue weighted by Gasteiger charge is -2.14. The molecule has 122 valence electrons. The Bertz CT molecular complexity index is 689. The summed E-state index contributed by atoms with van der Waals surface area (Å²) in [6.45, 7) is 0.515. The van der Waals surface area contributed by atoms with Crippen molar-refractivity contribution in [1.82, 2.24) is 10.3 Å². The zero-order valence-corrected chi connectivity index (χ0v) is 13.5. The standard InChI is InChI=1S/C17H19FN2O2S/c18-13-5-1-3-11(7-13)17-20-14(10-23-17)8-16(22)19-9-12-4-2-6-15(12)21/h1,3,5,7,10,12,15,21H,2,4,6,8-9H2,(H,19,22). The van der Waals surface area contributed by atoms with Crippen LogP contribution in [-0.2, 0) is 11.2 Å². The van der Waals surface area contributed by atoms with Gasteiger partial charge in [-0.25, -0.2) is 9.37 Å². The first-order valence-electron chi connectivity index (χ1n) is 7.77. The maximum absolute atomic E-state index is 13.2. The van der Waals surface area contributed by atoms with Gasteiger partial charge in [0.1, 0.15) is 10.8 Å². The van der Waals surface area contributed by atoms with Gasteiger partial charge in [0.2, 0.25) is 5.91 Å². The van der Waals surface area contributed by atoms with Gasteiger partial charge in [0.15, 0.2) is 0 Å². The Labute approximate surface area is 138 Å². The molecule has 3 rings (SSSR count). The molecule has 1 aromatic carbocycles. The first-order chi connectivity index (χ1) is 11.1. The summed E-state index contributed by atoms with van der Waals surface area (Å²) in [5, 5.41) is 15.1. The van der Waals surface area contributed by atoms with Gasteiger partial charge in [-0.1, -0.05) is 18.6 Å². The summed E-state index contributed by atoms with van der Waals surface area (Å²) in [6, 6.07) is 6.27. The lowest BCUT2D eigenvalue weighted by Crippen LogP contribution is -2.33. The summed E-state index contributed by atoms with van der Waals surface area (Å²) >= 11 is 1.40. The first-order valence-corrected chi connectivity index (χ1v) is 8.65. The maximum Gasteiger partial charge on any atom is 0.226 e. The Hall–Kier alpha value is -1.79. The van der Waals surface area contributed by atoms with Gasteiger partial charge in [-0.3, -0.25) is 4.79 Å². The SMILES string of the molecule is O=C(Cc1csc(-c2cccc(F)c2)n1)NCC1CCCC1O. The quantitative estimate of drug-likeness (QED) is 0.884. The van der Waals surface area contributed by atoms with Crippen LogP contribution in [0.5, 0.6) is 0 Å². The fourth-order valence-electron chi connectivity index (χ4n) is 2.87. The van der Waals surface area contributed by atoms with Gasteiger partial charge in [0, 0.05) is 23.4 Å². The highest BCUT2D eigenvalue weighted by atomic mass is 32.1. The number of aromatic nitrogens is 1. The van der Waals surface area contributed by atoms with Crippen LogP contribution in [0, 0.1) is 11.7 Å². The summed E-state index contributed by atoms with van der Waals surface area (Å²) in [4.78, 5) is 16.4. The Morgan fingerprint density at radius 3 is 3.04 bits per heavy atom. The van der Waals surface area contributed by atoms with Gasteiger partial charge < -0.3 is 10.4 Å². The van der Waals surface area contributed by atoms with Crippen LogP contribution in [0.2, 0.25) is 0 Å². The Morgan fingerprint density at radius 2 is 2.30 bits per heavy atom. The number of nitrogens with zero attached hydrogens (tertiary/aromatic N) is 1. The van der Waals surface area contributed by atoms with Crippen LogP contribution in [0.3, 0.4) is 0 Å². The molecule has 4 nitrogen and oxygen atoms in total. The molecule has 1 aliphatic rings. The van der Waals surface area contributed by atoms with E-state index in [4.69, 9.17) is 0 Å². The highest BCUT2D eigenvalue weighted by Gasteiger charge is 2.25. The lowest BCUT2D eigenvalue weighted by molar-refractivity contribution is -0.120. The molecule has 0 spiro atoms. The number of hydrogen-bond acceptors (Lipinski definition) is 4. The highest BCUT2D eigenvalue weighted by Crippen LogP contribution is 2.25. The molecule has 1 aliphatic carbocycles. The minimum atomic E-state index is -0.299. The van der Waals surface area contributed by atoms with Gasteiger partial charge in [0.05, 0.1) is 18.2 Å². The van der Waals surface area contributed by atoms with E-state index in [1.54, 1.807) is 12.1 Å². The van der Waals surface area contributed by atoms with Crippen LogP contribution in [0.25, 0.3) is 10.6 Å². The van der Waals surface area contributed by atoms with Crippen molar-refractivity contribution in [2.45, 2.75) is 31.8 Å². The average molecular weight is 334 g/mol. The number of benzene rings is 1. The number of halogens is 1. The van der Waals surface area contributed by atoms with E-state index in [-0.39, 0.29) is 30.2 Å². The average Bonchev–Trinajstić information content (AvgIpc) is 3.14. The molecule has 1 amide bonds. The third-order valence-electron chi connectivity index (χ3n) is 4.15. The molecule has 0 saturated heterocycles. The van der Waals surface area contributed by atoms with Crippen molar-refractivity contribution < 1.29 is 14.3 Å². The third kappa shape index (κ3) is 4.14. The fraction of sp³-hybridized carbons (Fsp3) is 0.412. The molecule has 2 aromatic rings. The number of aliphatic hydroxyl groups excluding tert-OH is 1. The molecular weight excluding hydrogens is 315 g/mol. The Balaban J connectivity index is 1.55. The molecule has 1 fully saturated rings. The van der Waals surface area contributed by atoms with Gasteiger partial charge >= 0.3 is 0 Å². The Morgan fingerprint density at radius 1 is 1.43 bits per heavy atom. The third-order valence-corrected chi connectivity index (χ3v) is 5.09. The second kappa shape index (κ2) is 7.19. The molecule has 23 heavy (non-hydrogen) atoms. The fourth-order valence-corrected chi connectivity index (χ4v) is 3.69. The summed E-state index contributed by atoms with van der Waals surface area (Å²) in [6.07, 6.45) is 2.71. The molecule has 1 heterocycles. The predicted octanol–water partition coefficient (Wildman–Crippen LogP) is 2.77. The Kier molecular flexibility index (Phi) is 5.03. The van der Waals surface area contributed by atoms with E-state index in [0.717, 1.165) is 24.8 Å². The zero-order valence-electron chi connectivity index (χ0n) is 12.7. The van der Waals surface area contributed by atoms with Crippen LogP contribution >= 0.6 is 11.3 Å². The van der Waals surface area contributed by atoms with Gasteiger partial charge in [0.25, 0.3) is 0 Å². The molecule has 0 radical (unpaired) electrons. The second-order valence-corrected chi connectivity index (χ2v) is 6.75. The van der Waals surface area contributed by atoms with E-state index in [1.807, 2.05) is 5.38 Å². The molecule has 2 atom stereocenters.